The number of esters is 1. The number of alkyl halides is 3. The summed E-state index contributed by atoms with van der Waals surface area (Å²) < 4.78 is 46.2. The van der Waals surface area contributed by atoms with Gasteiger partial charge in [0.05, 0.1) is 10.6 Å². The molecule has 3 rings (SSSR count). The third-order valence-electron chi connectivity index (χ3n) is 3.76. The van der Waals surface area contributed by atoms with Crippen LogP contribution in [-0.4, -0.2) is 10.5 Å². The third-order valence-corrected chi connectivity index (χ3v) is 4.70. The Labute approximate surface area is 160 Å². The summed E-state index contributed by atoms with van der Waals surface area (Å²) in [6.45, 7) is 1.66. The Morgan fingerprint density at radius 3 is 2.58 bits per heavy atom. The van der Waals surface area contributed by atoms with Crippen molar-refractivity contribution in [2.24, 2.45) is 0 Å². The van der Waals surface area contributed by atoms with E-state index in [0.29, 0.717) is 17.9 Å². The molecule has 136 valence electrons. The highest BCUT2D eigenvalue weighted by Gasteiger charge is 2.33. The zero-order valence-electron chi connectivity index (χ0n) is 13.4. The molecule has 2 aromatic carbocycles. The van der Waals surface area contributed by atoms with Gasteiger partial charge in [-0.05, 0) is 51.8 Å². The van der Waals surface area contributed by atoms with Crippen molar-refractivity contribution in [3.63, 3.8) is 0 Å². The average Bonchev–Trinajstić information content (AvgIpc) is 2.81. The number of carbonyl (C=O) groups is 1. The first-order chi connectivity index (χ1) is 12.1. The molecule has 3 aromatic rings. The molecule has 0 aliphatic rings. The van der Waals surface area contributed by atoms with E-state index in [1.54, 1.807) is 18.2 Å². The molecular formula is C18H12BrClF3NO2. The molecule has 1 heterocycles. The van der Waals surface area contributed by atoms with E-state index in [1.807, 2.05) is 10.8 Å². The summed E-state index contributed by atoms with van der Waals surface area (Å²) >= 11 is 9.23. The molecule has 0 fully saturated rings. The molecule has 0 saturated carbocycles. The Bertz CT molecular complexity index is 998. The molecule has 0 aliphatic heterocycles. The van der Waals surface area contributed by atoms with Crippen LogP contribution in [0.15, 0.2) is 47.1 Å². The molecule has 0 atom stereocenters. The predicted molar refractivity (Wildman–Crippen MR) is 96.5 cm³/mol. The summed E-state index contributed by atoms with van der Waals surface area (Å²) in [4.78, 5) is 11.1. The second-order valence-corrected chi connectivity index (χ2v) is 6.95. The number of hydrogen-bond donors (Lipinski definition) is 0. The van der Waals surface area contributed by atoms with Crippen LogP contribution in [-0.2, 0) is 17.5 Å². The maximum Gasteiger partial charge on any atom is 0.417 e. The topological polar surface area (TPSA) is 31.2 Å². The summed E-state index contributed by atoms with van der Waals surface area (Å²) in [7, 11) is 0. The van der Waals surface area contributed by atoms with E-state index in [9.17, 15) is 18.0 Å². The van der Waals surface area contributed by atoms with E-state index in [1.165, 1.54) is 19.1 Å². The van der Waals surface area contributed by atoms with Crippen molar-refractivity contribution in [1.29, 1.82) is 0 Å². The van der Waals surface area contributed by atoms with Crippen LogP contribution in [0.4, 0.5) is 13.2 Å². The monoisotopic (exact) mass is 445 g/mol. The highest BCUT2D eigenvalue weighted by molar-refractivity contribution is 9.10. The second kappa shape index (κ2) is 6.96. The highest BCUT2D eigenvalue weighted by Crippen LogP contribution is 2.35. The molecule has 0 radical (unpaired) electrons. The lowest BCUT2D eigenvalue weighted by Gasteiger charge is -2.11. The van der Waals surface area contributed by atoms with Crippen molar-refractivity contribution in [3.8, 4) is 5.75 Å². The minimum atomic E-state index is -4.48. The highest BCUT2D eigenvalue weighted by atomic mass is 79.9. The molecule has 3 nitrogen and oxygen atoms in total. The van der Waals surface area contributed by atoms with Crippen molar-refractivity contribution >= 4 is 44.4 Å². The van der Waals surface area contributed by atoms with E-state index in [4.69, 9.17) is 16.3 Å². The van der Waals surface area contributed by atoms with Crippen molar-refractivity contribution in [2.45, 2.75) is 19.6 Å². The van der Waals surface area contributed by atoms with Gasteiger partial charge in [0.25, 0.3) is 0 Å². The fourth-order valence-corrected chi connectivity index (χ4v) is 3.55. The molecule has 0 amide bonds. The molecule has 0 saturated heterocycles. The van der Waals surface area contributed by atoms with Gasteiger partial charge in [0.15, 0.2) is 0 Å². The molecule has 0 bridgehead atoms. The Hall–Kier alpha value is -1.99. The number of aromatic nitrogens is 1. The van der Waals surface area contributed by atoms with Crippen molar-refractivity contribution in [3.05, 3.63) is 63.2 Å². The number of fused-ring (bicyclic) bond motifs is 1. The van der Waals surface area contributed by atoms with Crippen LogP contribution in [0.3, 0.4) is 0 Å². The van der Waals surface area contributed by atoms with Gasteiger partial charge in [0.2, 0.25) is 0 Å². The van der Waals surface area contributed by atoms with Gasteiger partial charge in [0.1, 0.15) is 5.75 Å². The molecule has 0 spiro atoms. The Morgan fingerprint density at radius 2 is 1.96 bits per heavy atom. The first-order valence-electron chi connectivity index (χ1n) is 7.47. The van der Waals surface area contributed by atoms with Gasteiger partial charge < -0.3 is 9.30 Å². The van der Waals surface area contributed by atoms with E-state index in [2.05, 4.69) is 15.9 Å². The number of hydrogen-bond acceptors (Lipinski definition) is 2. The molecule has 0 aliphatic carbocycles. The second-order valence-electron chi connectivity index (χ2n) is 5.69. The molecule has 26 heavy (non-hydrogen) atoms. The van der Waals surface area contributed by atoms with Crippen LogP contribution in [0.5, 0.6) is 5.75 Å². The summed E-state index contributed by atoms with van der Waals surface area (Å²) in [5, 5.41) is 0.490. The Morgan fingerprint density at radius 1 is 1.23 bits per heavy atom. The summed E-state index contributed by atoms with van der Waals surface area (Å²) in [6, 6.07) is 8.86. The van der Waals surface area contributed by atoms with Crippen LogP contribution in [0.1, 0.15) is 18.1 Å². The van der Waals surface area contributed by atoms with Crippen molar-refractivity contribution in [2.75, 3.05) is 0 Å². The van der Waals surface area contributed by atoms with Crippen LogP contribution in [0.25, 0.3) is 10.9 Å². The van der Waals surface area contributed by atoms with Gasteiger partial charge in [-0.1, -0.05) is 17.7 Å². The SMILES string of the molecule is CC(=O)Oc1ccc2c(c1)c(Br)cn2Cc1ccc(C(F)(F)F)c(Cl)c1. The maximum absolute atomic E-state index is 12.8. The zero-order chi connectivity index (χ0) is 19.1. The minimum absolute atomic E-state index is 0.331. The largest absolute Gasteiger partial charge is 0.427 e. The zero-order valence-corrected chi connectivity index (χ0v) is 15.7. The lowest BCUT2D eigenvalue weighted by Crippen LogP contribution is -2.07. The van der Waals surface area contributed by atoms with Gasteiger partial charge in [-0.15, -0.1) is 0 Å². The lowest BCUT2D eigenvalue weighted by molar-refractivity contribution is -0.137. The number of ether oxygens (including phenoxy) is 1. The number of rotatable bonds is 3. The van der Waals surface area contributed by atoms with Crippen LogP contribution >= 0.6 is 27.5 Å². The van der Waals surface area contributed by atoms with Gasteiger partial charge in [0, 0.05) is 35.0 Å². The number of halogens is 5. The first kappa shape index (κ1) is 18.8. The number of benzene rings is 2. The molecule has 1 aromatic heterocycles. The molecule has 0 unspecified atom stereocenters. The van der Waals surface area contributed by atoms with Crippen LogP contribution in [0.2, 0.25) is 5.02 Å². The molecule has 0 N–H and O–H groups in total. The van der Waals surface area contributed by atoms with Gasteiger partial charge in [-0.3, -0.25) is 4.79 Å². The standard InChI is InChI=1S/C18H12BrClF3NO2/c1-10(25)26-12-3-5-17-13(7-12)15(19)9-24(17)8-11-2-4-14(16(20)6-11)18(21,22)23/h2-7,9H,8H2,1H3. The third kappa shape index (κ3) is 3.88. The van der Waals surface area contributed by atoms with E-state index in [0.717, 1.165) is 21.4 Å². The first-order valence-corrected chi connectivity index (χ1v) is 8.64. The Balaban J connectivity index is 1.94. The lowest BCUT2D eigenvalue weighted by atomic mass is 10.1. The van der Waals surface area contributed by atoms with Crippen molar-refractivity contribution < 1.29 is 22.7 Å². The minimum Gasteiger partial charge on any atom is -0.427 e. The van der Waals surface area contributed by atoms with Gasteiger partial charge in [-0.2, -0.15) is 13.2 Å². The van der Waals surface area contributed by atoms with Gasteiger partial charge >= 0.3 is 12.1 Å². The fraction of sp³-hybridized carbons (Fsp3) is 0.167. The average molecular weight is 447 g/mol. The van der Waals surface area contributed by atoms with E-state index >= 15 is 0 Å². The Kier molecular flexibility index (Phi) is 5.03. The smallest absolute Gasteiger partial charge is 0.417 e. The van der Waals surface area contributed by atoms with E-state index in [-0.39, 0.29) is 5.02 Å². The number of nitrogens with zero attached hydrogens (tertiary/aromatic N) is 1. The summed E-state index contributed by atoms with van der Waals surface area (Å²) in [5.74, 6) is 0.000302. The summed E-state index contributed by atoms with van der Waals surface area (Å²) in [5.41, 5.74) is 0.618. The van der Waals surface area contributed by atoms with E-state index < -0.39 is 17.7 Å². The molecule has 8 heteroatoms. The van der Waals surface area contributed by atoms with Crippen LogP contribution < -0.4 is 4.74 Å². The quantitative estimate of drug-likeness (QED) is 0.362. The maximum atomic E-state index is 12.8. The molecular weight excluding hydrogens is 435 g/mol. The normalized spacial score (nSPS) is 11.8. The number of carbonyl (C=O) groups excluding carboxylic acids is 1. The summed E-state index contributed by atoms with van der Waals surface area (Å²) in [6.07, 6.45) is -2.67. The van der Waals surface area contributed by atoms with Crippen molar-refractivity contribution in [1.82, 2.24) is 4.57 Å². The van der Waals surface area contributed by atoms with Gasteiger partial charge in [-0.25, -0.2) is 0 Å². The fourth-order valence-electron chi connectivity index (χ4n) is 2.68. The predicted octanol–water partition coefficient (Wildman–Crippen LogP) is 6.05. The van der Waals surface area contributed by atoms with Crippen LogP contribution in [0, 0.1) is 0 Å².